The summed E-state index contributed by atoms with van der Waals surface area (Å²) in [5, 5.41) is 5.78. The lowest BCUT2D eigenvalue weighted by Crippen LogP contribution is -2.32. The quantitative estimate of drug-likeness (QED) is 0.728. The first-order valence-electron chi connectivity index (χ1n) is 7.26. The van der Waals surface area contributed by atoms with Crippen molar-refractivity contribution in [2.24, 2.45) is 5.92 Å². The number of likely N-dealkylation sites (N-methyl/N-ethyl adjacent to an activating group) is 1. The average molecular weight is 266 g/mol. The summed E-state index contributed by atoms with van der Waals surface area (Å²) in [4.78, 5) is 3.93. The van der Waals surface area contributed by atoms with Gasteiger partial charge in [-0.1, -0.05) is 18.9 Å². The van der Waals surface area contributed by atoms with Gasteiger partial charge in [-0.15, -0.1) is 11.3 Å². The molecule has 0 amide bonds. The van der Waals surface area contributed by atoms with E-state index in [2.05, 4.69) is 34.8 Å². The van der Waals surface area contributed by atoms with Gasteiger partial charge in [-0.05, 0) is 50.2 Å². The van der Waals surface area contributed by atoms with E-state index in [-0.39, 0.29) is 0 Å². The summed E-state index contributed by atoms with van der Waals surface area (Å²) in [6.07, 6.45) is 6.99. The van der Waals surface area contributed by atoms with Gasteiger partial charge in [0.1, 0.15) is 0 Å². The minimum atomic E-state index is 0.960. The second-order valence-corrected chi connectivity index (χ2v) is 6.52. The molecule has 18 heavy (non-hydrogen) atoms. The van der Waals surface area contributed by atoms with Crippen molar-refractivity contribution in [2.45, 2.75) is 32.1 Å². The molecule has 1 N–H and O–H groups in total. The number of nitrogens with zero attached hydrogens (tertiary/aromatic N) is 1. The zero-order valence-electron chi connectivity index (χ0n) is 11.5. The fourth-order valence-corrected chi connectivity index (χ4v) is 3.36. The van der Waals surface area contributed by atoms with Crippen molar-refractivity contribution < 1.29 is 0 Å². The average Bonchev–Trinajstić information content (AvgIpc) is 3.04. The zero-order valence-corrected chi connectivity index (χ0v) is 12.3. The molecule has 1 fully saturated rings. The minimum absolute atomic E-state index is 0.960. The molecule has 1 heterocycles. The molecular weight excluding hydrogens is 240 g/mol. The predicted molar refractivity (Wildman–Crippen MR) is 80.3 cm³/mol. The number of nitrogens with one attached hydrogen (secondary N) is 1. The van der Waals surface area contributed by atoms with E-state index in [9.17, 15) is 0 Å². The molecule has 0 unspecified atom stereocenters. The van der Waals surface area contributed by atoms with Crippen LogP contribution in [0.3, 0.4) is 0 Å². The molecule has 102 valence electrons. The molecule has 0 bridgehead atoms. The largest absolute Gasteiger partial charge is 0.315 e. The number of hydrogen-bond donors (Lipinski definition) is 1. The maximum Gasteiger partial charge on any atom is 0.0104 e. The molecule has 3 heteroatoms. The monoisotopic (exact) mass is 266 g/mol. The summed E-state index contributed by atoms with van der Waals surface area (Å²) in [7, 11) is 2.23. The van der Waals surface area contributed by atoms with Crippen molar-refractivity contribution in [3.8, 4) is 0 Å². The van der Waals surface area contributed by atoms with Gasteiger partial charge in [-0.2, -0.15) is 0 Å². The Morgan fingerprint density at radius 1 is 1.33 bits per heavy atom. The van der Waals surface area contributed by atoms with Crippen LogP contribution in [0.1, 0.15) is 30.6 Å². The lowest BCUT2D eigenvalue weighted by Gasteiger charge is -2.17. The molecule has 1 aromatic heterocycles. The lowest BCUT2D eigenvalue weighted by molar-refractivity contribution is 0.331. The molecule has 1 aliphatic carbocycles. The summed E-state index contributed by atoms with van der Waals surface area (Å²) in [5.41, 5.74) is 0. The minimum Gasteiger partial charge on any atom is -0.315 e. The highest BCUT2D eigenvalue weighted by molar-refractivity contribution is 7.09. The fraction of sp³-hybridized carbons (Fsp3) is 0.733. The first kappa shape index (κ1) is 14.0. The van der Waals surface area contributed by atoms with E-state index in [0.29, 0.717) is 0 Å². The molecular formula is C15H26N2S. The second-order valence-electron chi connectivity index (χ2n) is 5.49. The number of rotatable bonds is 8. The first-order valence-corrected chi connectivity index (χ1v) is 8.14. The molecule has 0 atom stereocenters. The Hall–Kier alpha value is -0.380. The van der Waals surface area contributed by atoms with E-state index in [0.717, 1.165) is 19.0 Å². The van der Waals surface area contributed by atoms with Crippen LogP contribution in [0.15, 0.2) is 17.5 Å². The Bertz CT molecular complexity index is 304. The molecule has 0 saturated heterocycles. The van der Waals surface area contributed by atoms with Gasteiger partial charge in [-0.3, -0.25) is 0 Å². The van der Waals surface area contributed by atoms with Crippen LogP contribution in [0.4, 0.5) is 0 Å². The van der Waals surface area contributed by atoms with Gasteiger partial charge in [0.05, 0.1) is 0 Å². The number of hydrogen-bond acceptors (Lipinski definition) is 3. The van der Waals surface area contributed by atoms with Gasteiger partial charge in [0.25, 0.3) is 0 Å². The predicted octanol–water partition coefficient (Wildman–Crippen LogP) is 3.00. The zero-order chi connectivity index (χ0) is 12.6. The van der Waals surface area contributed by atoms with E-state index in [1.165, 1.54) is 50.1 Å². The maximum atomic E-state index is 3.61. The Kier molecular flexibility index (Phi) is 6.18. The molecule has 0 radical (unpaired) electrons. The van der Waals surface area contributed by atoms with Gasteiger partial charge < -0.3 is 10.2 Å². The summed E-state index contributed by atoms with van der Waals surface area (Å²) in [5.74, 6) is 0.960. The molecule has 2 rings (SSSR count). The van der Waals surface area contributed by atoms with E-state index in [1.807, 2.05) is 11.3 Å². The topological polar surface area (TPSA) is 15.3 Å². The van der Waals surface area contributed by atoms with Crippen LogP contribution >= 0.6 is 11.3 Å². The summed E-state index contributed by atoms with van der Waals surface area (Å²) in [6, 6.07) is 4.38. The molecule has 1 aliphatic rings. The Morgan fingerprint density at radius 2 is 2.17 bits per heavy atom. The van der Waals surface area contributed by atoms with Crippen LogP contribution in [0, 0.1) is 5.92 Å². The first-order chi connectivity index (χ1) is 8.84. The van der Waals surface area contributed by atoms with Gasteiger partial charge in [0.2, 0.25) is 0 Å². The van der Waals surface area contributed by atoms with Gasteiger partial charge in [0.15, 0.2) is 0 Å². The van der Waals surface area contributed by atoms with Crippen molar-refractivity contribution in [2.75, 3.05) is 33.2 Å². The van der Waals surface area contributed by atoms with E-state index in [4.69, 9.17) is 0 Å². The highest BCUT2D eigenvalue weighted by Crippen LogP contribution is 2.23. The van der Waals surface area contributed by atoms with E-state index >= 15 is 0 Å². The third-order valence-corrected chi connectivity index (χ3v) is 4.83. The van der Waals surface area contributed by atoms with E-state index in [1.54, 1.807) is 0 Å². The SMILES string of the molecule is CN(CCNCC1CCCC1)CCc1cccs1. The third kappa shape index (κ3) is 5.09. The van der Waals surface area contributed by atoms with Gasteiger partial charge in [0, 0.05) is 24.5 Å². The van der Waals surface area contributed by atoms with Crippen molar-refractivity contribution >= 4 is 11.3 Å². The van der Waals surface area contributed by atoms with Crippen LogP contribution in [0.5, 0.6) is 0 Å². The molecule has 0 spiro atoms. The highest BCUT2D eigenvalue weighted by atomic mass is 32.1. The van der Waals surface area contributed by atoms with Crippen molar-refractivity contribution in [3.05, 3.63) is 22.4 Å². The molecule has 1 saturated carbocycles. The van der Waals surface area contributed by atoms with Crippen LogP contribution < -0.4 is 5.32 Å². The standard InChI is InChI=1S/C15H26N2S/c1-17(10-8-15-7-4-12-18-15)11-9-16-13-14-5-2-3-6-14/h4,7,12,14,16H,2-3,5-6,8-11,13H2,1H3. The van der Waals surface area contributed by atoms with Gasteiger partial charge in [-0.25, -0.2) is 0 Å². The Labute approximate surface area is 115 Å². The van der Waals surface area contributed by atoms with Crippen molar-refractivity contribution in [1.82, 2.24) is 10.2 Å². The summed E-state index contributed by atoms with van der Waals surface area (Å²) >= 11 is 1.87. The lowest BCUT2D eigenvalue weighted by atomic mass is 10.1. The fourth-order valence-electron chi connectivity index (χ4n) is 2.66. The molecule has 1 aromatic rings. The van der Waals surface area contributed by atoms with Crippen molar-refractivity contribution in [3.63, 3.8) is 0 Å². The second kappa shape index (κ2) is 7.93. The van der Waals surface area contributed by atoms with Crippen molar-refractivity contribution in [1.29, 1.82) is 0 Å². The Balaban J connectivity index is 1.48. The molecule has 2 nitrogen and oxygen atoms in total. The van der Waals surface area contributed by atoms with E-state index < -0.39 is 0 Å². The number of thiophene rings is 1. The Morgan fingerprint density at radius 3 is 2.89 bits per heavy atom. The van der Waals surface area contributed by atoms with Gasteiger partial charge >= 0.3 is 0 Å². The van der Waals surface area contributed by atoms with Crippen LogP contribution in [0.2, 0.25) is 0 Å². The third-order valence-electron chi connectivity index (χ3n) is 3.90. The normalized spacial score (nSPS) is 16.8. The summed E-state index contributed by atoms with van der Waals surface area (Å²) in [6.45, 7) is 4.71. The van der Waals surface area contributed by atoms with Crippen LogP contribution in [-0.4, -0.2) is 38.1 Å². The van der Waals surface area contributed by atoms with Crippen LogP contribution in [0.25, 0.3) is 0 Å². The molecule has 0 aliphatic heterocycles. The van der Waals surface area contributed by atoms with Crippen LogP contribution in [-0.2, 0) is 6.42 Å². The smallest absolute Gasteiger partial charge is 0.0104 e. The molecule has 0 aromatic carbocycles. The highest BCUT2D eigenvalue weighted by Gasteiger charge is 2.13. The summed E-state index contributed by atoms with van der Waals surface area (Å²) < 4.78 is 0. The maximum absolute atomic E-state index is 3.61.